The third kappa shape index (κ3) is 3.44. The number of sulfonamides is 1. The van der Waals surface area contributed by atoms with Gasteiger partial charge in [0.2, 0.25) is 10.0 Å². The SMILES string of the molecule is Nc1ccccc1CS(=O)(=O)NCC1CCC1. The molecule has 0 heterocycles. The molecule has 3 N–H and O–H groups in total. The molecule has 2 rings (SSSR count). The topological polar surface area (TPSA) is 72.2 Å². The van der Waals surface area contributed by atoms with Crippen LogP contribution >= 0.6 is 0 Å². The minimum atomic E-state index is -3.26. The molecule has 0 unspecified atom stereocenters. The van der Waals surface area contributed by atoms with Gasteiger partial charge in [0.05, 0.1) is 5.75 Å². The van der Waals surface area contributed by atoms with Crippen molar-refractivity contribution >= 4 is 15.7 Å². The molecule has 4 nitrogen and oxygen atoms in total. The van der Waals surface area contributed by atoms with Gasteiger partial charge >= 0.3 is 0 Å². The zero-order valence-electron chi connectivity index (χ0n) is 9.72. The predicted molar refractivity (Wildman–Crippen MR) is 68.8 cm³/mol. The second kappa shape index (κ2) is 5.06. The molecule has 1 aliphatic carbocycles. The van der Waals surface area contributed by atoms with Gasteiger partial charge in [-0.15, -0.1) is 0 Å². The maximum absolute atomic E-state index is 11.8. The molecule has 0 atom stereocenters. The largest absolute Gasteiger partial charge is 0.398 e. The van der Waals surface area contributed by atoms with E-state index in [0.717, 1.165) is 12.8 Å². The second-order valence-corrected chi connectivity index (χ2v) is 6.41. The summed E-state index contributed by atoms with van der Waals surface area (Å²) >= 11 is 0. The van der Waals surface area contributed by atoms with Crippen molar-refractivity contribution in [1.82, 2.24) is 4.72 Å². The van der Waals surface area contributed by atoms with Crippen LogP contribution in [0.5, 0.6) is 0 Å². The Bertz CT molecular complexity index is 481. The molecule has 0 amide bonds. The van der Waals surface area contributed by atoms with Crippen molar-refractivity contribution in [3.8, 4) is 0 Å². The molecule has 0 saturated heterocycles. The maximum atomic E-state index is 11.8. The third-order valence-corrected chi connectivity index (χ3v) is 4.51. The van der Waals surface area contributed by atoms with Gasteiger partial charge in [-0.3, -0.25) is 0 Å². The van der Waals surface area contributed by atoms with Crippen LogP contribution < -0.4 is 10.5 Å². The maximum Gasteiger partial charge on any atom is 0.215 e. The highest BCUT2D eigenvalue weighted by Crippen LogP contribution is 2.25. The third-order valence-electron chi connectivity index (χ3n) is 3.22. The van der Waals surface area contributed by atoms with Crippen LogP contribution in [0.15, 0.2) is 24.3 Å². The van der Waals surface area contributed by atoms with Crippen LogP contribution in [0.3, 0.4) is 0 Å². The Labute approximate surface area is 102 Å². The van der Waals surface area contributed by atoms with Gasteiger partial charge in [0.1, 0.15) is 0 Å². The number of nitrogen functional groups attached to an aromatic ring is 1. The fraction of sp³-hybridized carbons (Fsp3) is 0.500. The summed E-state index contributed by atoms with van der Waals surface area (Å²) in [6.45, 7) is 0.565. The summed E-state index contributed by atoms with van der Waals surface area (Å²) in [6, 6.07) is 7.06. The lowest BCUT2D eigenvalue weighted by Gasteiger charge is -2.25. The smallest absolute Gasteiger partial charge is 0.215 e. The highest BCUT2D eigenvalue weighted by atomic mass is 32.2. The van der Waals surface area contributed by atoms with E-state index in [4.69, 9.17) is 5.73 Å². The zero-order chi connectivity index (χ0) is 12.3. The molecular formula is C12H18N2O2S. The van der Waals surface area contributed by atoms with Gasteiger partial charge in [0, 0.05) is 12.2 Å². The van der Waals surface area contributed by atoms with Crippen molar-refractivity contribution in [2.24, 2.45) is 5.92 Å². The highest BCUT2D eigenvalue weighted by molar-refractivity contribution is 7.88. The first-order chi connectivity index (χ1) is 8.07. The molecule has 0 aliphatic heterocycles. The monoisotopic (exact) mass is 254 g/mol. The average Bonchev–Trinajstić information content (AvgIpc) is 2.18. The Hall–Kier alpha value is -1.07. The van der Waals surface area contributed by atoms with Crippen molar-refractivity contribution < 1.29 is 8.42 Å². The molecule has 1 fully saturated rings. The first-order valence-corrected chi connectivity index (χ1v) is 7.53. The Morgan fingerprint density at radius 1 is 1.29 bits per heavy atom. The number of para-hydroxylation sites is 1. The van der Waals surface area contributed by atoms with E-state index in [1.807, 2.05) is 0 Å². The van der Waals surface area contributed by atoms with E-state index in [2.05, 4.69) is 4.72 Å². The molecule has 0 spiro atoms. The summed E-state index contributed by atoms with van der Waals surface area (Å²) in [7, 11) is -3.26. The van der Waals surface area contributed by atoms with Crippen LogP contribution in [0.1, 0.15) is 24.8 Å². The highest BCUT2D eigenvalue weighted by Gasteiger charge is 2.20. The van der Waals surface area contributed by atoms with E-state index in [-0.39, 0.29) is 5.75 Å². The number of nitrogens with two attached hydrogens (primary N) is 1. The van der Waals surface area contributed by atoms with Gasteiger partial charge in [-0.05, 0) is 30.4 Å². The molecule has 1 aliphatic rings. The van der Waals surface area contributed by atoms with Gasteiger partial charge in [-0.2, -0.15) is 0 Å². The lowest BCUT2D eigenvalue weighted by molar-refractivity contribution is 0.316. The quantitative estimate of drug-likeness (QED) is 0.782. The van der Waals surface area contributed by atoms with E-state index in [1.54, 1.807) is 24.3 Å². The van der Waals surface area contributed by atoms with Gasteiger partial charge in [0.15, 0.2) is 0 Å². The average molecular weight is 254 g/mol. The number of rotatable bonds is 5. The van der Waals surface area contributed by atoms with Crippen molar-refractivity contribution in [2.45, 2.75) is 25.0 Å². The predicted octanol–water partition coefficient (Wildman–Crippen LogP) is 1.49. The summed E-state index contributed by atoms with van der Waals surface area (Å²) in [5, 5.41) is 0. The fourth-order valence-electron chi connectivity index (χ4n) is 1.86. The van der Waals surface area contributed by atoms with Gasteiger partial charge < -0.3 is 5.73 Å². The van der Waals surface area contributed by atoms with E-state index >= 15 is 0 Å². The van der Waals surface area contributed by atoms with Crippen molar-refractivity contribution in [3.63, 3.8) is 0 Å². The molecule has 94 valence electrons. The number of hydrogen-bond donors (Lipinski definition) is 2. The van der Waals surface area contributed by atoms with Crippen molar-refractivity contribution in [2.75, 3.05) is 12.3 Å². The molecular weight excluding hydrogens is 236 g/mol. The number of anilines is 1. The molecule has 17 heavy (non-hydrogen) atoms. The summed E-state index contributed by atoms with van der Waals surface area (Å²) in [5.41, 5.74) is 6.92. The molecule has 0 aromatic heterocycles. The summed E-state index contributed by atoms with van der Waals surface area (Å²) in [6.07, 6.45) is 3.49. The Morgan fingerprint density at radius 2 is 2.00 bits per heavy atom. The van der Waals surface area contributed by atoms with E-state index in [1.165, 1.54) is 6.42 Å². The number of nitrogens with one attached hydrogen (secondary N) is 1. The van der Waals surface area contributed by atoms with Gasteiger partial charge in [0.25, 0.3) is 0 Å². The normalized spacial score (nSPS) is 16.7. The molecule has 0 bridgehead atoms. The summed E-state index contributed by atoms with van der Waals surface area (Å²) in [5.74, 6) is 0.491. The molecule has 1 saturated carbocycles. The van der Waals surface area contributed by atoms with Gasteiger partial charge in [-0.1, -0.05) is 24.6 Å². The Balaban J connectivity index is 1.94. The lowest BCUT2D eigenvalue weighted by atomic mass is 9.86. The molecule has 0 radical (unpaired) electrons. The van der Waals surface area contributed by atoms with Crippen LogP contribution in [0.4, 0.5) is 5.69 Å². The first-order valence-electron chi connectivity index (χ1n) is 5.87. The molecule has 5 heteroatoms. The lowest BCUT2D eigenvalue weighted by Crippen LogP contribution is -2.33. The van der Waals surface area contributed by atoms with E-state index < -0.39 is 10.0 Å². The molecule has 1 aromatic rings. The minimum Gasteiger partial charge on any atom is -0.398 e. The van der Waals surface area contributed by atoms with E-state index in [0.29, 0.717) is 23.7 Å². The minimum absolute atomic E-state index is 0.0353. The van der Waals surface area contributed by atoms with Crippen LogP contribution in [0.25, 0.3) is 0 Å². The fourth-order valence-corrected chi connectivity index (χ4v) is 3.13. The number of benzene rings is 1. The Morgan fingerprint density at radius 3 is 2.59 bits per heavy atom. The van der Waals surface area contributed by atoms with Crippen molar-refractivity contribution in [3.05, 3.63) is 29.8 Å². The summed E-state index contributed by atoms with van der Waals surface area (Å²) < 4.78 is 26.3. The van der Waals surface area contributed by atoms with Crippen LogP contribution in [-0.2, 0) is 15.8 Å². The van der Waals surface area contributed by atoms with Crippen LogP contribution in [0, 0.1) is 5.92 Å². The molecule has 1 aromatic carbocycles. The van der Waals surface area contributed by atoms with Crippen molar-refractivity contribution in [1.29, 1.82) is 0 Å². The standard InChI is InChI=1S/C12H18N2O2S/c13-12-7-2-1-6-11(12)9-17(15,16)14-8-10-4-3-5-10/h1-2,6-7,10,14H,3-5,8-9,13H2. The zero-order valence-corrected chi connectivity index (χ0v) is 10.5. The Kier molecular flexibility index (Phi) is 3.69. The van der Waals surface area contributed by atoms with E-state index in [9.17, 15) is 8.42 Å². The van der Waals surface area contributed by atoms with Gasteiger partial charge in [-0.25, -0.2) is 13.1 Å². The summed E-state index contributed by atoms with van der Waals surface area (Å²) in [4.78, 5) is 0. The van der Waals surface area contributed by atoms with Crippen LogP contribution in [0.2, 0.25) is 0 Å². The number of hydrogen-bond acceptors (Lipinski definition) is 3. The second-order valence-electron chi connectivity index (χ2n) is 4.60. The first kappa shape index (κ1) is 12.4. The van der Waals surface area contributed by atoms with Crippen LogP contribution in [-0.4, -0.2) is 15.0 Å².